The summed E-state index contributed by atoms with van der Waals surface area (Å²) >= 11 is 1.66. The van der Waals surface area contributed by atoms with Crippen molar-refractivity contribution in [1.29, 1.82) is 0 Å². The second-order valence-electron chi connectivity index (χ2n) is 4.68. The molecule has 2 heterocycles. The van der Waals surface area contributed by atoms with Gasteiger partial charge in [-0.05, 0) is 48.6 Å². The van der Waals surface area contributed by atoms with E-state index in [1.54, 1.807) is 23.7 Å². The Morgan fingerprint density at radius 2 is 2.25 bits per heavy atom. The molecule has 2 aromatic rings. The SMILES string of the molecule is CN(C)[C@@H](CNC(=O)NCc1ccco1)c1ccsc1. The summed E-state index contributed by atoms with van der Waals surface area (Å²) in [6.07, 6.45) is 1.59. The summed E-state index contributed by atoms with van der Waals surface area (Å²) in [5, 5.41) is 9.80. The molecule has 0 spiro atoms. The molecule has 0 bridgehead atoms. The van der Waals surface area contributed by atoms with Gasteiger partial charge in [0.1, 0.15) is 5.76 Å². The van der Waals surface area contributed by atoms with Gasteiger partial charge in [-0.15, -0.1) is 0 Å². The van der Waals surface area contributed by atoms with E-state index in [4.69, 9.17) is 4.42 Å². The molecule has 108 valence electrons. The van der Waals surface area contributed by atoms with Crippen LogP contribution >= 0.6 is 11.3 Å². The molecule has 2 N–H and O–H groups in total. The smallest absolute Gasteiger partial charge is 0.315 e. The maximum Gasteiger partial charge on any atom is 0.315 e. The van der Waals surface area contributed by atoms with Crippen LogP contribution < -0.4 is 10.6 Å². The zero-order valence-corrected chi connectivity index (χ0v) is 12.4. The lowest BCUT2D eigenvalue weighted by Crippen LogP contribution is -2.40. The average Bonchev–Trinajstić information content (AvgIpc) is 3.09. The first-order valence-electron chi connectivity index (χ1n) is 6.39. The molecule has 6 heteroatoms. The molecule has 2 aromatic heterocycles. The molecule has 5 nitrogen and oxygen atoms in total. The third-order valence-electron chi connectivity index (χ3n) is 3.01. The Labute approximate surface area is 122 Å². The lowest BCUT2D eigenvalue weighted by molar-refractivity contribution is 0.231. The van der Waals surface area contributed by atoms with Crippen LogP contribution in [0.1, 0.15) is 17.4 Å². The van der Waals surface area contributed by atoms with Gasteiger partial charge >= 0.3 is 6.03 Å². The maximum absolute atomic E-state index is 11.8. The lowest BCUT2D eigenvalue weighted by atomic mass is 10.1. The van der Waals surface area contributed by atoms with Crippen molar-refractivity contribution < 1.29 is 9.21 Å². The predicted octanol–water partition coefficient (Wildman–Crippen LogP) is 2.44. The maximum atomic E-state index is 11.8. The first-order chi connectivity index (χ1) is 9.66. The van der Waals surface area contributed by atoms with Crippen LogP contribution in [0.5, 0.6) is 0 Å². The molecule has 1 atom stereocenters. The van der Waals surface area contributed by atoms with E-state index in [1.807, 2.05) is 25.5 Å². The average molecular weight is 293 g/mol. The molecule has 2 amide bonds. The van der Waals surface area contributed by atoms with Gasteiger partial charge in [-0.1, -0.05) is 0 Å². The number of amides is 2. The molecule has 0 saturated heterocycles. The van der Waals surface area contributed by atoms with Crippen molar-refractivity contribution >= 4 is 17.4 Å². The van der Waals surface area contributed by atoms with Crippen molar-refractivity contribution in [3.63, 3.8) is 0 Å². The van der Waals surface area contributed by atoms with Gasteiger partial charge in [0.05, 0.1) is 18.8 Å². The van der Waals surface area contributed by atoms with E-state index in [0.717, 1.165) is 5.76 Å². The van der Waals surface area contributed by atoms with E-state index in [-0.39, 0.29) is 12.1 Å². The number of carbonyl (C=O) groups excluding carboxylic acids is 1. The molecule has 0 fully saturated rings. The number of furan rings is 1. The predicted molar refractivity (Wildman–Crippen MR) is 79.7 cm³/mol. The van der Waals surface area contributed by atoms with E-state index < -0.39 is 0 Å². The Bertz CT molecular complexity index is 509. The number of nitrogens with one attached hydrogen (secondary N) is 2. The quantitative estimate of drug-likeness (QED) is 0.860. The summed E-state index contributed by atoms with van der Waals surface area (Å²) < 4.78 is 5.16. The van der Waals surface area contributed by atoms with E-state index >= 15 is 0 Å². The van der Waals surface area contributed by atoms with Gasteiger partial charge in [-0.2, -0.15) is 11.3 Å². The number of hydrogen-bond acceptors (Lipinski definition) is 4. The fraction of sp³-hybridized carbons (Fsp3) is 0.357. The Kier molecular flexibility index (Phi) is 5.20. The first-order valence-corrected chi connectivity index (χ1v) is 7.33. The minimum atomic E-state index is -0.191. The highest BCUT2D eigenvalue weighted by atomic mass is 32.1. The molecule has 0 aliphatic carbocycles. The lowest BCUT2D eigenvalue weighted by Gasteiger charge is -2.24. The van der Waals surface area contributed by atoms with Crippen LogP contribution in [0.3, 0.4) is 0 Å². The number of carbonyl (C=O) groups is 1. The minimum Gasteiger partial charge on any atom is -0.467 e. The van der Waals surface area contributed by atoms with Crippen LogP contribution in [-0.2, 0) is 6.54 Å². The second-order valence-corrected chi connectivity index (χ2v) is 5.46. The Balaban J connectivity index is 1.79. The van der Waals surface area contributed by atoms with Gasteiger partial charge in [0.15, 0.2) is 0 Å². The summed E-state index contributed by atoms with van der Waals surface area (Å²) in [6, 6.07) is 5.69. The Hall–Kier alpha value is -1.79. The minimum absolute atomic E-state index is 0.176. The third kappa shape index (κ3) is 4.11. The Morgan fingerprint density at radius 1 is 1.40 bits per heavy atom. The second kappa shape index (κ2) is 7.12. The standard InChI is InChI=1S/C14H19N3O2S/c1-17(2)13(11-5-7-20-10-11)9-16-14(18)15-8-12-4-3-6-19-12/h3-7,10,13H,8-9H2,1-2H3,(H2,15,16,18)/t13-/m0/s1. The van der Waals surface area contributed by atoms with Crippen LogP contribution in [-0.4, -0.2) is 31.6 Å². The highest BCUT2D eigenvalue weighted by molar-refractivity contribution is 7.07. The summed E-state index contributed by atoms with van der Waals surface area (Å²) in [6.45, 7) is 0.956. The highest BCUT2D eigenvalue weighted by Crippen LogP contribution is 2.19. The van der Waals surface area contributed by atoms with Crippen LogP contribution in [0.15, 0.2) is 39.6 Å². The molecule has 20 heavy (non-hydrogen) atoms. The van der Waals surface area contributed by atoms with Crippen LogP contribution in [0.4, 0.5) is 4.79 Å². The number of rotatable bonds is 6. The van der Waals surface area contributed by atoms with Gasteiger partial charge in [-0.3, -0.25) is 0 Å². The first kappa shape index (κ1) is 14.6. The van der Waals surface area contributed by atoms with Crippen LogP contribution in [0.25, 0.3) is 0 Å². The summed E-state index contributed by atoms with van der Waals surface area (Å²) in [5.41, 5.74) is 1.21. The number of likely N-dealkylation sites (N-methyl/N-ethyl adjacent to an activating group) is 1. The molecule has 2 rings (SSSR count). The molecular weight excluding hydrogens is 274 g/mol. The van der Waals surface area contributed by atoms with Gasteiger partial charge in [0.25, 0.3) is 0 Å². The van der Waals surface area contributed by atoms with Crippen molar-refractivity contribution in [2.75, 3.05) is 20.6 Å². The molecular formula is C14H19N3O2S. The fourth-order valence-corrected chi connectivity index (χ4v) is 2.60. The number of hydrogen-bond donors (Lipinski definition) is 2. The van der Waals surface area contributed by atoms with Crippen molar-refractivity contribution in [3.8, 4) is 0 Å². The van der Waals surface area contributed by atoms with Crippen molar-refractivity contribution in [1.82, 2.24) is 15.5 Å². The number of urea groups is 1. The third-order valence-corrected chi connectivity index (χ3v) is 3.71. The molecule has 0 unspecified atom stereocenters. The summed E-state index contributed by atoms with van der Waals surface area (Å²) in [7, 11) is 4.01. The van der Waals surface area contributed by atoms with E-state index in [9.17, 15) is 4.79 Å². The van der Waals surface area contributed by atoms with Gasteiger partial charge < -0.3 is 20.0 Å². The highest BCUT2D eigenvalue weighted by Gasteiger charge is 2.15. The van der Waals surface area contributed by atoms with Gasteiger partial charge in [0, 0.05) is 6.54 Å². The van der Waals surface area contributed by atoms with E-state index in [1.165, 1.54) is 5.56 Å². The molecule has 0 aliphatic rings. The van der Waals surface area contributed by atoms with Crippen LogP contribution in [0, 0.1) is 0 Å². The zero-order valence-electron chi connectivity index (χ0n) is 11.6. The number of nitrogens with zero attached hydrogens (tertiary/aromatic N) is 1. The molecule has 0 saturated carbocycles. The van der Waals surface area contributed by atoms with E-state index in [0.29, 0.717) is 13.1 Å². The topological polar surface area (TPSA) is 57.5 Å². The molecule has 0 radical (unpaired) electrons. The van der Waals surface area contributed by atoms with Crippen molar-refractivity contribution in [2.45, 2.75) is 12.6 Å². The largest absolute Gasteiger partial charge is 0.467 e. The fourth-order valence-electron chi connectivity index (χ4n) is 1.90. The van der Waals surface area contributed by atoms with E-state index in [2.05, 4.69) is 27.0 Å². The van der Waals surface area contributed by atoms with Gasteiger partial charge in [-0.25, -0.2) is 4.79 Å². The molecule has 0 aliphatic heterocycles. The summed E-state index contributed by atoms with van der Waals surface area (Å²) in [5.74, 6) is 0.738. The summed E-state index contributed by atoms with van der Waals surface area (Å²) in [4.78, 5) is 13.8. The zero-order chi connectivity index (χ0) is 14.4. The molecule has 0 aromatic carbocycles. The van der Waals surface area contributed by atoms with Crippen molar-refractivity contribution in [3.05, 3.63) is 46.5 Å². The Morgan fingerprint density at radius 3 is 2.85 bits per heavy atom. The number of thiophene rings is 1. The van der Waals surface area contributed by atoms with Gasteiger partial charge in [0.2, 0.25) is 0 Å². The van der Waals surface area contributed by atoms with Crippen LogP contribution in [0.2, 0.25) is 0 Å². The van der Waals surface area contributed by atoms with Crippen molar-refractivity contribution in [2.24, 2.45) is 0 Å². The monoisotopic (exact) mass is 293 g/mol. The normalized spacial score (nSPS) is 12.3.